The molecule has 27 heavy (non-hydrogen) atoms. The monoisotopic (exact) mass is 366 g/mol. The van der Waals surface area contributed by atoms with Crippen LogP contribution in [0.3, 0.4) is 0 Å². The van der Waals surface area contributed by atoms with E-state index in [1.807, 2.05) is 30.5 Å². The molecule has 0 radical (unpaired) electrons. The van der Waals surface area contributed by atoms with E-state index in [1.165, 1.54) is 12.3 Å². The van der Waals surface area contributed by atoms with E-state index in [9.17, 15) is 4.39 Å². The number of hydrogen-bond acceptors (Lipinski definition) is 3. The molecule has 0 aliphatic carbocycles. The minimum Gasteiger partial charge on any atom is -0.346 e. The molecular formula is C22H27FN4. The molecule has 0 saturated carbocycles. The van der Waals surface area contributed by atoms with Crippen molar-refractivity contribution in [3.63, 3.8) is 0 Å². The summed E-state index contributed by atoms with van der Waals surface area (Å²) in [6.45, 7) is 6.73. The molecule has 1 unspecified atom stereocenters. The Hall–Kier alpha value is -2.53. The second kappa shape index (κ2) is 8.01. The highest BCUT2D eigenvalue weighted by molar-refractivity contribution is 5.59. The van der Waals surface area contributed by atoms with E-state index in [0.29, 0.717) is 6.42 Å². The Balaban J connectivity index is 1.65. The van der Waals surface area contributed by atoms with E-state index in [4.69, 9.17) is 5.73 Å². The fraction of sp³-hybridized carbons (Fsp3) is 0.364. The molecule has 0 saturated heterocycles. The van der Waals surface area contributed by atoms with Crippen molar-refractivity contribution in [1.82, 2.24) is 15.0 Å². The predicted molar refractivity (Wildman–Crippen MR) is 107 cm³/mol. The molecule has 2 heterocycles. The first kappa shape index (κ1) is 19.2. The zero-order valence-electron chi connectivity index (χ0n) is 16.2. The number of nitrogens with two attached hydrogens (primary N) is 1. The molecule has 0 amide bonds. The molecule has 0 aliphatic heterocycles. The number of hydrogen-bond donors (Lipinski definition) is 2. The van der Waals surface area contributed by atoms with Crippen LogP contribution >= 0.6 is 0 Å². The number of benzene rings is 1. The van der Waals surface area contributed by atoms with Gasteiger partial charge in [-0.3, -0.25) is 4.98 Å². The molecule has 0 spiro atoms. The fourth-order valence-corrected chi connectivity index (χ4v) is 3.01. The molecule has 3 aromatic rings. The van der Waals surface area contributed by atoms with Gasteiger partial charge in [-0.25, -0.2) is 9.37 Å². The molecule has 1 aromatic carbocycles. The summed E-state index contributed by atoms with van der Waals surface area (Å²) >= 11 is 0. The Morgan fingerprint density at radius 3 is 2.44 bits per heavy atom. The Labute approximate surface area is 160 Å². The van der Waals surface area contributed by atoms with Crippen molar-refractivity contribution >= 4 is 0 Å². The van der Waals surface area contributed by atoms with Crippen molar-refractivity contribution in [3.05, 3.63) is 71.7 Å². The van der Waals surface area contributed by atoms with Crippen molar-refractivity contribution in [1.29, 1.82) is 0 Å². The predicted octanol–water partition coefficient (Wildman–Crippen LogP) is 4.83. The minimum atomic E-state index is -0.336. The van der Waals surface area contributed by atoms with Crippen LogP contribution in [0.4, 0.5) is 4.39 Å². The lowest BCUT2D eigenvalue weighted by molar-refractivity contribution is 0.346. The maximum absolute atomic E-state index is 13.0. The lowest BCUT2D eigenvalue weighted by atomic mass is 9.85. The average Bonchev–Trinajstić information content (AvgIpc) is 3.08. The number of nitrogens with one attached hydrogen (secondary N) is 1. The van der Waals surface area contributed by atoms with Crippen LogP contribution in [0.2, 0.25) is 0 Å². The average molecular weight is 366 g/mol. The van der Waals surface area contributed by atoms with Gasteiger partial charge < -0.3 is 10.7 Å². The van der Waals surface area contributed by atoms with Crippen LogP contribution in [0.1, 0.15) is 50.3 Å². The summed E-state index contributed by atoms with van der Waals surface area (Å²) in [6.07, 6.45) is 5.90. The van der Waals surface area contributed by atoms with Crippen LogP contribution < -0.4 is 5.73 Å². The molecule has 0 fully saturated rings. The maximum Gasteiger partial charge on any atom is 0.141 e. The molecule has 3 rings (SSSR count). The van der Waals surface area contributed by atoms with Gasteiger partial charge in [0, 0.05) is 29.9 Å². The molecular weight excluding hydrogens is 339 g/mol. The maximum atomic E-state index is 13.0. The van der Waals surface area contributed by atoms with Crippen LogP contribution in [-0.2, 0) is 12.8 Å². The van der Waals surface area contributed by atoms with Crippen molar-refractivity contribution in [2.45, 2.75) is 46.1 Å². The number of imidazole rings is 1. The largest absolute Gasteiger partial charge is 0.346 e. The topological polar surface area (TPSA) is 67.6 Å². The third-order valence-corrected chi connectivity index (χ3v) is 5.08. The van der Waals surface area contributed by atoms with E-state index in [-0.39, 0.29) is 17.3 Å². The van der Waals surface area contributed by atoms with Gasteiger partial charge in [0.05, 0.1) is 11.9 Å². The van der Waals surface area contributed by atoms with Gasteiger partial charge in [0.25, 0.3) is 0 Å². The van der Waals surface area contributed by atoms with Crippen molar-refractivity contribution in [2.75, 3.05) is 0 Å². The Kier molecular flexibility index (Phi) is 5.71. The lowest BCUT2D eigenvalue weighted by Gasteiger charge is -2.21. The fourth-order valence-electron chi connectivity index (χ4n) is 3.01. The van der Waals surface area contributed by atoms with E-state index in [1.54, 1.807) is 6.07 Å². The van der Waals surface area contributed by atoms with Crippen LogP contribution in [0.15, 0.2) is 48.8 Å². The van der Waals surface area contributed by atoms with Crippen molar-refractivity contribution in [3.8, 4) is 11.3 Å². The summed E-state index contributed by atoms with van der Waals surface area (Å²) in [5, 5.41) is 0. The molecule has 2 aromatic heterocycles. The number of aromatic nitrogens is 3. The second-order valence-electron chi connectivity index (χ2n) is 7.84. The van der Waals surface area contributed by atoms with Crippen LogP contribution in [0.5, 0.6) is 0 Å². The van der Waals surface area contributed by atoms with Crippen LogP contribution in [0, 0.1) is 11.2 Å². The van der Waals surface area contributed by atoms with Crippen LogP contribution in [0.25, 0.3) is 11.3 Å². The number of pyridine rings is 1. The van der Waals surface area contributed by atoms with E-state index >= 15 is 0 Å². The highest BCUT2D eigenvalue weighted by atomic mass is 19.1. The smallest absolute Gasteiger partial charge is 0.141 e. The summed E-state index contributed by atoms with van der Waals surface area (Å²) < 4.78 is 13.0. The van der Waals surface area contributed by atoms with Gasteiger partial charge >= 0.3 is 0 Å². The van der Waals surface area contributed by atoms with Gasteiger partial charge in [0.15, 0.2) is 0 Å². The van der Waals surface area contributed by atoms with E-state index < -0.39 is 0 Å². The van der Waals surface area contributed by atoms with E-state index in [0.717, 1.165) is 41.2 Å². The Morgan fingerprint density at radius 1 is 1.07 bits per heavy atom. The van der Waals surface area contributed by atoms with Gasteiger partial charge in [-0.1, -0.05) is 51.5 Å². The molecule has 5 heteroatoms. The highest BCUT2D eigenvalue weighted by Crippen LogP contribution is 2.25. The highest BCUT2D eigenvalue weighted by Gasteiger charge is 2.18. The molecule has 1 atom stereocenters. The van der Waals surface area contributed by atoms with Gasteiger partial charge in [0.1, 0.15) is 11.6 Å². The van der Waals surface area contributed by atoms with Gasteiger partial charge in [-0.05, 0) is 29.5 Å². The first-order valence-electron chi connectivity index (χ1n) is 9.36. The molecule has 3 N–H and O–H groups in total. The Bertz CT molecular complexity index is 866. The molecule has 4 nitrogen and oxygen atoms in total. The SMILES string of the molecule is CCC(C)(C)Cc1cnc(CC(N)c2ccc(-c3ccc(F)cn3)cc2)[nH]1. The van der Waals surface area contributed by atoms with Crippen molar-refractivity contribution < 1.29 is 4.39 Å². The number of aromatic amines is 1. The normalized spacial score (nSPS) is 12.9. The number of halogens is 1. The summed E-state index contributed by atoms with van der Waals surface area (Å²) in [5.74, 6) is 0.575. The van der Waals surface area contributed by atoms with Crippen LogP contribution in [-0.4, -0.2) is 15.0 Å². The summed E-state index contributed by atoms with van der Waals surface area (Å²) in [5.41, 5.74) is 10.5. The second-order valence-corrected chi connectivity index (χ2v) is 7.84. The van der Waals surface area contributed by atoms with Gasteiger partial charge in [-0.2, -0.15) is 0 Å². The molecule has 0 bridgehead atoms. The lowest BCUT2D eigenvalue weighted by Crippen LogP contribution is -2.15. The quantitative estimate of drug-likeness (QED) is 0.629. The third-order valence-electron chi connectivity index (χ3n) is 5.08. The number of rotatable bonds is 7. The first-order valence-corrected chi connectivity index (χ1v) is 9.36. The molecule has 142 valence electrons. The molecule has 0 aliphatic rings. The Morgan fingerprint density at radius 2 is 1.81 bits per heavy atom. The standard InChI is InChI=1S/C22H27FN4/c1-4-22(2,3)12-18-14-26-21(27-18)11-19(24)15-5-7-16(8-6-15)20-10-9-17(23)13-25-20/h5-10,13-14,19H,4,11-12,24H2,1-3H3,(H,26,27). The summed E-state index contributed by atoms with van der Waals surface area (Å²) in [4.78, 5) is 12.0. The van der Waals surface area contributed by atoms with E-state index in [2.05, 4.69) is 35.7 Å². The zero-order chi connectivity index (χ0) is 19.4. The zero-order valence-corrected chi connectivity index (χ0v) is 16.2. The summed E-state index contributed by atoms with van der Waals surface area (Å²) in [6, 6.07) is 10.9. The minimum absolute atomic E-state index is 0.140. The summed E-state index contributed by atoms with van der Waals surface area (Å²) in [7, 11) is 0. The number of H-pyrrole nitrogens is 1. The van der Waals surface area contributed by atoms with Gasteiger partial charge in [-0.15, -0.1) is 0 Å². The third kappa shape index (κ3) is 5.01. The van der Waals surface area contributed by atoms with Crippen molar-refractivity contribution in [2.24, 2.45) is 11.1 Å². The first-order chi connectivity index (χ1) is 12.9. The van der Waals surface area contributed by atoms with Gasteiger partial charge in [0.2, 0.25) is 0 Å². The number of nitrogens with zero attached hydrogens (tertiary/aromatic N) is 2.